The van der Waals surface area contributed by atoms with E-state index < -0.39 is 11.4 Å². The molecule has 0 radical (unpaired) electrons. The number of rotatable bonds is 2. The quantitative estimate of drug-likeness (QED) is 0.834. The van der Waals surface area contributed by atoms with Crippen molar-refractivity contribution in [2.45, 2.75) is 13.8 Å². The molecule has 1 aromatic carbocycles. The van der Waals surface area contributed by atoms with Crippen LogP contribution in [-0.2, 0) is 0 Å². The number of benzene rings is 1. The van der Waals surface area contributed by atoms with Crippen molar-refractivity contribution in [2.24, 2.45) is 0 Å². The average Bonchev–Trinajstić information content (AvgIpc) is 2.39. The maximum absolute atomic E-state index is 11.4. The minimum atomic E-state index is -0.672. The summed E-state index contributed by atoms with van der Waals surface area (Å²) < 4.78 is 0.228. The first-order chi connectivity index (χ1) is 9.41. The summed E-state index contributed by atoms with van der Waals surface area (Å²) in [5, 5.41) is 20.0. The third-order valence-electron chi connectivity index (χ3n) is 3.04. The lowest BCUT2D eigenvalue weighted by molar-refractivity contribution is 0.143. The van der Waals surface area contributed by atoms with E-state index in [2.05, 4.69) is 0 Å². The maximum Gasteiger partial charge on any atom is 0.286 e. The first-order valence-electron chi connectivity index (χ1n) is 6.00. The van der Waals surface area contributed by atoms with E-state index in [1.165, 1.54) is 6.07 Å². The number of nitrogens with zero attached hydrogens (tertiary/aromatic N) is 1. The van der Waals surface area contributed by atoms with Crippen LogP contribution in [0.2, 0.25) is 5.02 Å². The molecule has 0 unspecified atom stereocenters. The van der Waals surface area contributed by atoms with Gasteiger partial charge in [-0.25, -0.2) is 0 Å². The second-order valence-electron chi connectivity index (χ2n) is 4.52. The number of hydrogen-bond acceptors (Lipinski definition) is 3. The van der Waals surface area contributed by atoms with Crippen LogP contribution in [0.3, 0.4) is 0 Å². The third kappa shape index (κ3) is 2.56. The van der Waals surface area contributed by atoms with E-state index in [9.17, 15) is 15.1 Å². The van der Waals surface area contributed by atoms with Crippen LogP contribution >= 0.6 is 11.6 Å². The van der Waals surface area contributed by atoms with Gasteiger partial charge in [-0.2, -0.15) is 0 Å². The standard InChI is InChI=1S/C15H14ClNO3/c1-9(7-11-5-3-4-6-12(11)16)14-10(2)8-13(18)17(20)15(14)19/h3-8,19-20H,1-2H3/b9-7+. The first kappa shape index (κ1) is 14.2. The highest BCUT2D eigenvalue weighted by Gasteiger charge is 2.13. The Morgan fingerprint density at radius 2 is 2.00 bits per heavy atom. The van der Waals surface area contributed by atoms with Gasteiger partial charge in [0.05, 0.1) is 0 Å². The zero-order valence-corrected chi connectivity index (χ0v) is 11.8. The monoisotopic (exact) mass is 291 g/mol. The van der Waals surface area contributed by atoms with Gasteiger partial charge in [-0.3, -0.25) is 4.79 Å². The second kappa shape index (κ2) is 5.43. The highest BCUT2D eigenvalue weighted by atomic mass is 35.5. The molecule has 0 saturated carbocycles. The van der Waals surface area contributed by atoms with Crippen LogP contribution in [0.1, 0.15) is 23.6 Å². The number of pyridine rings is 1. The molecule has 1 aromatic heterocycles. The Morgan fingerprint density at radius 3 is 2.65 bits per heavy atom. The molecule has 2 N–H and O–H groups in total. The van der Waals surface area contributed by atoms with Crippen LogP contribution < -0.4 is 5.56 Å². The molecule has 5 heteroatoms. The van der Waals surface area contributed by atoms with Crippen molar-refractivity contribution in [1.29, 1.82) is 0 Å². The minimum Gasteiger partial charge on any atom is -0.492 e. The van der Waals surface area contributed by atoms with Crippen LogP contribution in [0.15, 0.2) is 35.1 Å². The summed E-state index contributed by atoms with van der Waals surface area (Å²) >= 11 is 6.08. The molecule has 1 heterocycles. The lowest BCUT2D eigenvalue weighted by Gasteiger charge is -2.11. The molecule has 0 aliphatic heterocycles. The molecule has 2 rings (SSSR count). The summed E-state index contributed by atoms with van der Waals surface area (Å²) in [4.78, 5) is 11.4. The number of allylic oxidation sites excluding steroid dienone is 1. The van der Waals surface area contributed by atoms with Crippen molar-refractivity contribution in [3.05, 3.63) is 62.4 Å². The van der Waals surface area contributed by atoms with Gasteiger partial charge in [0.1, 0.15) is 0 Å². The molecule has 0 fully saturated rings. The van der Waals surface area contributed by atoms with Crippen molar-refractivity contribution < 1.29 is 10.3 Å². The number of aromatic nitrogens is 1. The van der Waals surface area contributed by atoms with Crippen LogP contribution in [0.5, 0.6) is 5.88 Å². The van der Waals surface area contributed by atoms with E-state index in [0.717, 1.165) is 5.56 Å². The fraction of sp³-hybridized carbons (Fsp3) is 0.133. The molecule has 0 bridgehead atoms. The van der Waals surface area contributed by atoms with Crippen molar-refractivity contribution in [3.63, 3.8) is 0 Å². The Bertz CT molecular complexity index is 747. The van der Waals surface area contributed by atoms with Gasteiger partial charge in [-0.1, -0.05) is 29.8 Å². The van der Waals surface area contributed by atoms with E-state index in [-0.39, 0.29) is 4.73 Å². The largest absolute Gasteiger partial charge is 0.492 e. The van der Waals surface area contributed by atoms with Crippen molar-refractivity contribution >= 4 is 23.3 Å². The molecule has 0 aliphatic carbocycles. The van der Waals surface area contributed by atoms with Gasteiger partial charge in [-0.05, 0) is 42.7 Å². The van der Waals surface area contributed by atoms with Gasteiger partial charge in [-0.15, -0.1) is 4.73 Å². The van der Waals surface area contributed by atoms with Crippen LogP contribution in [0.25, 0.3) is 11.6 Å². The van der Waals surface area contributed by atoms with Gasteiger partial charge in [0.2, 0.25) is 5.88 Å². The lowest BCUT2D eigenvalue weighted by Crippen LogP contribution is -2.18. The molecule has 104 valence electrons. The molecule has 0 saturated heterocycles. The van der Waals surface area contributed by atoms with E-state index >= 15 is 0 Å². The second-order valence-corrected chi connectivity index (χ2v) is 4.93. The van der Waals surface area contributed by atoms with Crippen molar-refractivity contribution in [2.75, 3.05) is 0 Å². The summed E-state index contributed by atoms with van der Waals surface area (Å²) in [6.07, 6.45) is 1.79. The predicted molar refractivity (Wildman–Crippen MR) is 79.3 cm³/mol. The van der Waals surface area contributed by atoms with Gasteiger partial charge in [0, 0.05) is 16.7 Å². The van der Waals surface area contributed by atoms with Gasteiger partial charge in [0.25, 0.3) is 5.56 Å². The molecule has 0 spiro atoms. The Balaban J connectivity index is 2.60. The lowest BCUT2D eigenvalue weighted by atomic mass is 10.0. The van der Waals surface area contributed by atoms with Crippen molar-refractivity contribution in [3.8, 4) is 5.88 Å². The predicted octanol–water partition coefficient (Wildman–Crippen LogP) is 3.31. The Morgan fingerprint density at radius 1 is 1.35 bits per heavy atom. The molecule has 4 nitrogen and oxygen atoms in total. The summed E-state index contributed by atoms with van der Waals surface area (Å²) in [5.74, 6) is -0.476. The third-order valence-corrected chi connectivity index (χ3v) is 3.38. The number of aromatic hydroxyl groups is 1. The summed E-state index contributed by atoms with van der Waals surface area (Å²) in [5.41, 5.74) is 1.80. The zero-order chi connectivity index (χ0) is 14.9. The van der Waals surface area contributed by atoms with Gasteiger partial charge >= 0.3 is 0 Å². The zero-order valence-electron chi connectivity index (χ0n) is 11.1. The number of hydrogen-bond donors (Lipinski definition) is 2. The molecule has 2 aromatic rings. The molecule has 0 atom stereocenters. The molecule has 20 heavy (non-hydrogen) atoms. The Kier molecular flexibility index (Phi) is 3.86. The Hall–Kier alpha value is -2.20. The summed E-state index contributed by atoms with van der Waals surface area (Å²) in [7, 11) is 0. The highest BCUT2D eigenvalue weighted by Crippen LogP contribution is 2.29. The smallest absolute Gasteiger partial charge is 0.286 e. The Labute approximate surface area is 121 Å². The normalized spacial score (nSPS) is 11.7. The van der Waals surface area contributed by atoms with Crippen molar-refractivity contribution in [1.82, 2.24) is 4.73 Å². The van der Waals surface area contributed by atoms with Gasteiger partial charge < -0.3 is 10.3 Å². The average molecular weight is 292 g/mol. The van der Waals surface area contributed by atoms with E-state index in [1.807, 2.05) is 18.2 Å². The van der Waals surface area contributed by atoms with Crippen LogP contribution in [0.4, 0.5) is 0 Å². The molecule has 0 aliphatic rings. The minimum absolute atomic E-state index is 0.228. The fourth-order valence-electron chi connectivity index (χ4n) is 2.09. The van der Waals surface area contributed by atoms with Gasteiger partial charge in [0.15, 0.2) is 0 Å². The maximum atomic E-state index is 11.4. The molecule has 0 amide bonds. The molecular weight excluding hydrogens is 278 g/mol. The SMILES string of the molecule is C/C(=C\c1ccccc1Cl)c1c(C)cc(=O)n(O)c1O. The summed E-state index contributed by atoms with van der Waals surface area (Å²) in [6.45, 7) is 3.47. The van der Waals surface area contributed by atoms with E-state index in [0.29, 0.717) is 21.7 Å². The number of halogens is 1. The van der Waals surface area contributed by atoms with Crippen LogP contribution in [-0.4, -0.2) is 15.0 Å². The van der Waals surface area contributed by atoms with E-state index in [4.69, 9.17) is 11.6 Å². The van der Waals surface area contributed by atoms with Crippen LogP contribution in [0, 0.1) is 6.92 Å². The topological polar surface area (TPSA) is 62.5 Å². The molecular formula is C15H14ClNO3. The fourth-order valence-corrected chi connectivity index (χ4v) is 2.28. The number of aryl methyl sites for hydroxylation is 1. The summed E-state index contributed by atoms with van der Waals surface area (Å²) in [6, 6.07) is 8.54. The van der Waals surface area contributed by atoms with E-state index in [1.54, 1.807) is 26.0 Å². The highest BCUT2D eigenvalue weighted by molar-refractivity contribution is 6.32. The first-order valence-corrected chi connectivity index (χ1v) is 6.37.